The maximum atomic E-state index is 11.5. The lowest BCUT2D eigenvalue weighted by Crippen LogP contribution is -2.03. The Balaban J connectivity index is 2.13. The highest BCUT2D eigenvalue weighted by atomic mass is 32.2. The Kier molecular flexibility index (Phi) is 9.02. The second kappa shape index (κ2) is 11.5. The van der Waals surface area contributed by atoms with Crippen molar-refractivity contribution >= 4 is 21.7 Å². The molecule has 0 aliphatic carbocycles. The Morgan fingerprint density at radius 1 is 1.14 bits per heavy atom. The van der Waals surface area contributed by atoms with Gasteiger partial charge in [0, 0.05) is 24.4 Å². The number of benzene rings is 1. The van der Waals surface area contributed by atoms with Gasteiger partial charge in [-0.2, -0.15) is 8.42 Å². The molecule has 0 bridgehead atoms. The fourth-order valence-electron chi connectivity index (χ4n) is 2.82. The highest BCUT2D eigenvalue weighted by molar-refractivity contribution is 7.85. The van der Waals surface area contributed by atoms with Crippen LogP contribution in [-0.4, -0.2) is 32.2 Å². The quantitative estimate of drug-likeness (QED) is 0.311. The summed E-state index contributed by atoms with van der Waals surface area (Å²) in [6.07, 6.45) is 9.51. The second-order valence-corrected chi connectivity index (χ2v) is 8.22. The summed E-state index contributed by atoms with van der Waals surface area (Å²) < 4.78 is 32.4. The van der Waals surface area contributed by atoms with Gasteiger partial charge in [0.15, 0.2) is 0 Å². The van der Waals surface area contributed by atoms with Gasteiger partial charge in [0.1, 0.15) is 0 Å². The van der Waals surface area contributed by atoms with Crippen molar-refractivity contribution in [1.82, 2.24) is 4.98 Å². The van der Waals surface area contributed by atoms with Crippen molar-refractivity contribution in [3.8, 4) is 0 Å². The smallest absolute Gasteiger partial charge is 0.305 e. The van der Waals surface area contributed by atoms with E-state index < -0.39 is 10.1 Å². The first-order valence-corrected chi connectivity index (χ1v) is 11.4. The van der Waals surface area contributed by atoms with E-state index in [4.69, 9.17) is 8.92 Å². The molecule has 1 aromatic carbocycles. The first-order chi connectivity index (χ1) is 13.9. The summed E-state index contributed by atoms with van der Waals surface area (Å²) in [4.78, 5) is 15.7. The Morgan fingerprint density at radius 2 is 1.93 bits per heavy atom. The minimum atomic E-state index is -3.50. The van der Waals surface area contributed by atoms with Gasteiger partial charge in [0.25, 0.3) is 10.1 Å². The van der Waals surface area contributed by atoms with Crippen LogP contribution in [0, 0.1) is 0 Å². The lowest BCUT2D eigenvalue weighted by atomic mass is 9.96. The van der Waals surface area contributed by atoms with Gasteiger partial charge in [-0.15, -0.1) is 0 Å². The average molecular weight is 418 g/mol. The molecule has 0 saturated heterocycles. The van der Waals surface area contributed by atoms with Crippen molar-refractivity contribution < 1.29 is 22.1 Å². The zero-order valence-corrected chi connectivity index (χ0v) is 17.7. The van der Waals surface area contributed by atoms with Crippen molar-refractivity contribution in [2.24, 2.45) is 0 Å². The van der Waals surface area contributed by atoms with Crippen LogP contribution in [-0.2, 0) is 30.4 Å². The number of aromatic nitrogens is 1. The number of esters is 1. The molecule has 0 amide bonds. The van der Waals surface area contributed by atoms with Crippen molar-refractivity contribution in [2.45, 2.75) is 39.2 Å². The molecule has 2 rings (SSSR count). The van der Waals surface area contributed by atoms with E-state index in [1.54, 1.807) is 19.3 Å². The predicted octanol–water partition coefficient (Wildman–Crippen LogP) is 4.11. The van der Waals surface area contributed by atoms with Gasteiger partial charge in [-0.05, 0) is 55.0 Å². The standard InChI is InChI=1S/C22H27NO5S/c1-3-27-22(24)13-6-4-5-12-21(20-11-8-14-23-16-20)19-10-7-9-18(15-19)17-28-29(2,25)26/h7-12,14-16H,3-6,13,17H2,1-2H3/b21-12+. The van der Waals surface area contributed by atoms with Crippen molar-refractivity contribution in [3.05, 3.63) is 71.6 Å². The molecule has 2 aromatic rings. The van der Waals surface area contributed by atoms with Gasteiger partial charge in [0.2, 0.25) is 0 Å². The highest BCUT2D eigenvalue weighted by Gasteiger charge is 2.08. The Hall–Kier alpha value is -2.51. The van der Waals surface area contributed by atoms with Crippen LogP contribution in [0.4, 0.5) is 0 Å². The molecule has 0 aliphatic heterocycles. The molecule has 1 aromatic heterocycles. The van der Waals surface area contributed by atoms with E-state index in [0.717, 1.165) is 47.8 Å². The summed E-state index contributed by atoms with van der Waals surface area (Å²) in [6, 6.07) is 11.5. The summed E-state index contributed by atoms with van der Waals surface area (Å²) in [5.41, 5.74) is 3.71. The third kappa shape index (κ3) is 8.58. The van der Waals surface area contributed by atoms with Gasteiger partial charge >= 0.3 is 5.97 Å². The van der Waals surface area contributed by atoms with Gasteiger partial charge in [-0.25, -0.2) is 0 Å². The minimum absolute atomic E-state index is 0.00741. The number of carbonyl (C=O) groups is 1. The first-order valence-electron chi connectivity index (χ1n) is 9.59. The lowest BCUT2D eigenvalue weighted by Gasteiger charge is -2.11. The number of carbonyl (C=O) groups excluding carboxylic acids is 1. The van der Waals surface area contributed by atoms with E-state index in [9.17, 15) is 13.2 Å². The van der Waals surface area contributed by atoms with E-state index in [0.29, 0.717) is 13.0 Å². The van der Waals surface area contributed by atoms with Gasteiger partial charge in [-0.1, -0.05) is 30.3 Å². The molecule has 7 heteroatoms. The molecule has 156 valence electrons. The summed E-state index contributed by atoms with van der Waals surface area (Å²) in [5, 5.41) is 0. The topological polar surface area (TPSA) is 82.6 Å². The molecule has 0 radical (unpaired) electrons. The molecule has 6 nitrogen and oxygen atoms in total. The van der Waals surface area contributed by atoms with Gasteiger partial charge in [0.05, 0.1) is 19.5 Å². The molecule has 1 heterocycles. The number of allylic oxidation sites excluding steroid dienone is 1. The molecule has 0 N–H and O–H groups in total. The molecule has 29 heavy (non-hydrogen) atoms. The van der Waals surface area contributed by atoms with Crippen LogP contribution < -0.4 is 0 Å². The molecule has 0 spiro atoms. The second-order valence-electron chi connectivity index (χ2n) is 6.58. The van der Waals surface area contributed by atoms with Crippen molar-refractivity contribution in [2.75, 3.05) is 12.9 Å². The number of hydrogen-bond donors (Lipinski definition) is 0. The third-order valence-corrected chi connectivity index (χ3v) is 4.69. The van der Waals surface area contributed by atoms with E-state index in [1.807, 2.05) is 36.4 Å². The predicted molar refractivity (Wildman–Crippen MR) is 112 cm³/mol. The molecule has 0 aliphatic rings. The Bertz CT molecular complexity index is 923. The van der Waals surface area contributed by atoms with Crippen LogP contribution in [0.1, 0.15) is 49.3 Å². The zero-order valence-electron chi connectivity index (χ0n) is 16.8. The summed E-state index contributed by atoms with van der Waals surface area (Å²) in [5.74, 6) is -0.164. The van der Waals surface area contributed by atoms with Crippen molar-refractivity contribution in [3.63, 3.8) is 0 Å². The fraction of sp³-hybridized carbons (Fsp3) is 0.364. The van der Waals surface area contributed by atoms with E-state index >= 15 is 0 Å². The summed E-state index contributed by atoms with van der Waals surface area (Å²) in [7, 11) is -3.50. The summed E-state index contributed by atoms with van der Waals surface area (Å²) >= 11 is 0. The van der Waals surface area contributed by atoms with Gasteiger partial charge in [-0.3, -0.25) is 14.0 Å². The van der Waals surface area contributed by atoms with Crippen LogP contribution in [0.3, 0.4) is 0 Å². The van der Waals surface area contributed by atoms with E-state index in [-0.39, 0.29) is 12.6 Å². The highest BCUT2D eigenvalue weighted by Crippen LogP contribution is 2.25. The number of rotatable bonds is 11. The van der Waals surface area contributed by atoms with Crippen LogP contribution in [0.15, 0.2) is 54.9 Å². The Labute approximate surface area is 172 Å². The maximum Gasteiger partial charge on any atom is 0.305 e. The minimum Gasteiger partial charge on any atom is -0.466 e. The zero-order chi connectivity index (χ0) is 21.1. The summed E-state index contributed by atoms with van der Waals surface area (Å²) in [6.45, 7) is 2.20. The maximum absolute atomic E-state index is 11.5. The monoisotopic (exact) mass is 417 g/mol. The third-order valence-electron chi connectivity index (χ3n) is 4.14. The lowest BCUT2D eigenvalue weighted by molar-refractivity contribution is -0.143. The normalized spacial score (nSPS) is 12.0. The molecular weight excluding hydrogens is 390 g/mol. The SMILES string of the molecule is CCOC(=O)CCCC/C=C(/c1cccnc1)c1cccc(COS(C)(=O)=O)c1. The van der Waals surface area contributed by atoms with Crippen molar-refractivity contribution in [1.29, 1.82) is 0 Å². The Morgan fingerprint density at radius 3 is 2.62 bits per heavy atom. The average Bonchev–Trinajstić information content (AvgIpc) is 2.70. The van der Waals surface area contributed by atoms with Gasteiger partial charge < -0.3 is 4.74 Å². The molecule has 0 unspecified atom stereocenters. The van der Waals surface area contributed by atoms with Crippen LogP contribution >= 0.6 is 0 Å². The van der Waals surface area contributed by atoms with E-state index in [2.05, 4.69) is 11.1 Å². The molecule has 0 fully saturated rings. The number of ether oxygens (including phenoxy) is 1. The fourth-order valence-corrected chi connectivity index (χ4v) is 3.17. The number of hydrogen-bond acceptors (Lipinski definition) is 6. The van der Waals surface area contributed by atoms with E-state index in [1.165, 1.54) is 0 Å². The van der Waals surface area contributed by atoms with Crippen LogP contribution in [0.5, 0.6) is 0 Å². The molecule has 0 saturated carbocycles. The largest absolute Gasteiger partial charge is 0.466 e. The number of nitrogens with zero attached hydrogens (tertiary/aromatic N) is 1. The molecule has 0 atom stereocenters. The van der Waals surface area contributed by atoms with Crippen LogP contribution in [0.2, 0.25) is 0 Å². The first kappa shape index (κ1) is 22.8. The number of pyridine rings is 1. The molecular formula is C22H27NO5S. The van der Waals surface area contributed by atoms with Crippen LogP contribution in [0.25, 0.3) is 5.57 Å². The number of unbranched alkanes of at least 4 members (excludes halogenated alkanes) is 2.